The second kappa shape index (κ2) is 9.53. The van der Waals surface area contributed by atoms with Crippen molar-refractivity contribution >= 4 is 34.7 Å². The highest BCUT2D eigenvalue weighted by molar-refractivity contribution is 7.08. The molecular formula is C23H26N6O3S. The van der Waals surface area contributed by atoms with Crippen LogP contribution in [0.4, 0.5) is 16.2 Å². The van der Waals surface area contributed by atoms with E-state index >= 15 is 0 Å². The number of ether oxygens (including phenoxy) is 1. The highest BCUT2D eigenvalue weighted by Crippen LogP contribution is 2.27. The van der Waals surface area contributed by atoms with Crippen LogP contribution in [0.1, 0.15) is 31.3 Å². The maximum atomic E-state index is 12.9. The summed E-state index contributed by atoms with van der Waals surface area (Å²) in [7, 11) is 0. The molecule has 0 spiro atoms. The first-order valence-electron chi connectivity index (χ1n) is 10.6. The lowest BCUT2D eigenvalue weighted by Crippen LogP contribution is -2.50. The number of hydrogen-bond donors (Lipinski definition) is 1. The molecule has 9 nitrogen and oxygen atoms in total. The van der Waals surface area contributed by atoms with Crippen LogP contribution < -0.4 is 10.2 Å². The summed E-state index contributed by atoms with van der Waals surface area (Å²) in [4.78, 5) is 41.9. The Labute approximate surface area is 196 Å². The van der Waals surface area contributed by atoms with E-state index in [1.807, 2.05) is 43.7 Å². The van der Waals surface area contributed by atoms with E-state index in [-0.39, 0.29) is 17.7 Å². The first-order chi connectivity index (χ1) is 15.8. The number of carbonyl (C=O) groups is 2. The lowest BCUT2D eigenvalue weighted by Gasteiger charge is -2.37. The number of carbonyl (C=O) groups excluding carboxylic acids is 2. The van der Waals surface area contributed by atoms with Gasteiger partial charge in [-0.15, -0.1) is 0 Å². The van der Waals surface area contributed by atoms with Crippen molar-refractivity contribution in [2.24, 2.45) is 0 Å². The number of nitrogens with one attached hydrogen (secondary N) is 1. The molecule has 0 radical (unpaired) electrons. The molecule has 0 saturated carbocycles. The molecular weight excluding hydrogens is 440 g/mol. The Morgan fingerprint density at radius 3 is 2.58 bits per heavy atom. The Morgan fingerprint density at radius 1 is 1.09 bits per heavy atom. The number of piperazine rings is 1. The van der Waals surface area contributed by atoms with Gasteiger partial charge in [-0.25, -0.2) is 14.8 Å². The fourth-order valence-electron chi connectivity index (χ4n) is 3.42. The molecule has 10 heteroatoms. The average Bonchev–Trinajstić information content (AvgIpc) is 3.34. The minimum absolute atomic E-state index is 0.274. The fourth-order valence-corrected chi connectivity index (χ4v) is 4.05. The summed E-state index contributed by atoms with van der Waals surface area (Å²) in [6, 6.07) is 5.36. The summed E-state index contributed by atoms with van der Waals surface area (Å²) >= 11 is 1.55. The Bertz CT molecular complexity index is 1120. The van der Waals surface area contributed by atoms with E-state index in [9.17, 15) is 9.59 Å². The number of pyridine rings is 1. The van der Waals surface area contributed by atoms with E-state index < -0.39 is 5.60 Å². The molecule has 2 amide bonds. The van der Waals surface area contributed by atoms with Crippen molar-refractivity contribution in [2.75, 3.05) is 36.4 Å². The van der Waals surface area contributed by atoms with Gasteiger partial charge in [0.05, 0.1) is 17.6 Å². The molecule has 33 heavy (non-hydrogen) atoms. The molecule has 0 atom stereocenters. The summed E-state index contributed by atoms with van der Waals surface area (Å²) in [5.74, 6) is 0.170. The standard InChI is InChI=1S/C23H26N6O3S/c1-23(2,3)32-22(31)29-11-9-28(10-12-29)19-5-7-24-14-18(19)27-21(30)17-4-8-25-20(26-17)16-6-13-33-15-16/h4-8,13-15H,9-12H2,1-3H3,(H,27,30). The summed E-state index contributed by atoms with van der Waals surface area (Å²) in [6.45, 7) is 7.85. The van der Waals surface area contributed by atoms with Gasteiger partial charge in [-0.3, -0.25) is 9.78 Å². The maximum Gasteiger partial charge on any atom is 0.410 e. The Hall–Kier alpha value is -3.53. The van der Waals surface area contributed by atoms with Gasteiger partial charge < -0.3 is 19.9 Å². The molecule has 0 aliphatic carbocycles. The lowest BCUT2D eigenvalue weighted by molar-refractivity contribution is 0.0240. The van der Waals surface area contributed by atoms with Gasteiger partial charge in [0.15, 0.2) is 5.82 Å². The molecule has 1 aliphatic heterocycles. The third-order valence-electron chi connectivity index (χ3n) is 4.99. The number of aromatic nitrogens is 3. The molecule has 1 saturated heterocycles. The SMILES string of the molecule is CC(C)(C)OC(=O)N1CCN(c2ccncc2NC(=O)c2ccnc(-c3ccsc3)n2)CC1. The van der Waals surface area contributed by atoms with Crippen LogP contribution in [0.25, 0.3) is 11.4 Å². The monoisotopic (exact) mass is 466 g/mol. The van der Waals surface area contributed by atoms with E-state index in [0.29, 0.717) is 37.7 Å². The number of nitrogens with zero attached hydrogens (tertiary/aromatic N) is 5. The summed E-state index contributed by atoms with van der Waals surface area (Å²) in [5.41, 5.74) is 2.05. The van der Waals surface area contributed by atoms with E-state index in [2.05, 4.69) is 25.2 Å². The Kier molecular flexibility index (Phi) is 6.55. The summed E-state index contributed by atoms with van der Waals surface area (Å²) in [5, 5.41) is 6.80. The molecule has 1 fully saturated rings. The molecule has 1 N–H and O–H groups in total. The molecule has 4 rings (SSSR count). The van der Waals surface area contributed by atoms with Gasteiger partial charge >= 0.3 is 6.09 Å². The molecule has 3 aromatic rings. The highest BCUT2D eigenvalue weighted by Gasteiger charge is 2.27. The zero-order valence-electron chi connectivity index (χ0n) is 18.8. The van der Waals surface area contributed by atoms with Crippen LogP contribution in [0, 0.1) is 0 Å². The summed E-state index contributed by atoms with van der Waals surface area (Å²) < 4.78 is 5.47. The van der Waals surface area contributed by atoms with Crippen molar-refractivity contribution in [3.05, 3.63) is 53.2 Å². The number of amides is 2. The first-order valence-corrected chi connectivity index (χ1v) is 11.6. The van der Waals surface area contributed by atoms with Crippen molar-refractivity contribution < 1.29 is 14.3 Å². The summed E-state index contributed by atoms with van der Waals surface area (Å²) in [6.07, 6.45) is 4.57. The molecule has 0 unspecified atom stereocenters. The quantitative estimate of drug-likeness (QED) is 0.622. The number of hydrogen-bond acceptors (Lipinski definition) is 8. The molecule has 3 aromatic heterocycles. The van der Waals surface area contributed by atoms with Crippen LogP contribution in [-0.4, -0.2) is 63.6 Å². The third-order valence-corrected chi connectivity index (χ3v) is 5.67. The smallest absolute Gasteiger partial charge is 0.410 e. The zero-order valence-corrected chi connectivity index (χ0v) is 19.6. The van der Waals surface area contributed by atoms with E-state index in [1.54, 1.807) is 40.9 Å². The van der Waals surface area contributed by atoms with Crippen LogP contribution in [-0.2, 0) is 4.74 Å². The van der Waals surface area contributed by atoms with Gasteiger partial charge in [0.1, 0.15) is 11.3 Å². The molecule has 1 aliphatic rings. The van der Waals surface area contributed by atoms with E-state index in [4.69, 9.17) is 4.74 Å². The molecule has 172 valence electrons. The van der Waals surface area contributed by atoms with Crippen molar-refractivity contribution in [3.8, 4) is 11.4 Å². The Morgan fingerprint density at radius 2 is 1.88 bits per heavy atom. The topological polar surface area (TPSA) is 101 Å². The van der Waals surface area contributed by atoms with Crippen molar-refractivity contribution in [3.63, 3.8) is 0 Å². The maximum absolute atomic E-state index is 12.9. The predicted molar refractivity (Wildman–Crippen MR) is 128 cm³/mol. The average molecular weight is 467 g/mol. The van der Waals surface area contributed by atoms with Gasteiger partial charge in [0.2, 0.25) is 0 Å². The van der Waals surface area contributed by atoms with Crippen LogP contribution in [0.3, 0.4) is 0 Å². The number of thiophene rings is 1. The number of anilines is 2. The molecule has 4 heterocycles. The van der Waals surface area contributed by atoms with Crippen LogP contribution in [0.5, 0.6) is 0 Å². The largest absolute Gasteiger partial charge is 0.444 e. The lowest BCUT2D eigenvalue weighted by atomic mass is 10.2. The van der Waals surface area contributed by atoms with Crippen LogP contribution in [0.15, 0.2) is 47.5 Å². The van der Waals surface area contributed by atoms with E-state index in [1.165, 1.54) is 0 Å². The minimum atomic E-state index is -0.527. The van der Waals surface area contributed by atoms with Gasteiger partial charge in [0.25, 0.3) is 5.91 Å². The zero-order chi connectivity index (χ0) is 23.4. The second-order valence-electron chi connectivity index (χ2n) is 8.58. The van der Waals surface area contributed by atoms with Crippen LogP contribution in [0.2, 0.25) is 0 Å². The van der Waals surface area contributed by atoms with E-state index in [0.717, 1.165) is 11.3 Å². The van der Waals surface area contributed by atoms with Gasteiger partial charge in [-0.05, 0) is 44.4 Å². The van der Waals surface area contributed by atoms with Crippen molar-refractivity contribution in [1.82, 2.24) is 19.9 Å². The van der Waals surface area contributed by atoms with Crippen molar-refractivity contribution in [2.45, 2.75) is 26.4 Å². The Balaban J connectivity index is 1.44. The fraction of sp³-hybridized carbons (Fsp3) is 0.348. The van der Waals surface area contributed by atoms with Crippen molar-refractivity contribution in [1.29, 1.82) is 0 Å². The third kappa shape index (κ3) is 5.64. The minimum Gasteiger partial charge on any atom is -0.444 e. The second-order valence-corrected chi connectivity index (χ2v) is 9.36. The first kappa shape index (κ1) is 22.7. The van der Waals surface area contributed by atoms with Gasteiger partial charge in [-0.1, -0.05) is 0 Å². The van der Waals surface area contributed by atoms with Gasteiger partial charge in [0, 0.05) is 49.5 Å². The number of rotatable bonds is 4. The molecule has 0 bridgehead atoms. The molecule has 0 aromatic carbocycles. The normalized spacial score (nSPS) is 14.2. The highest BCUT2D eigenvalue weighted by atomic mass is 32.1. The van der Waals surface area contributed by atoms with Gasteiger partial charge in [-0.2, -0.15) is 11.3 Å². The van der Waals surface area contributed by atoms with Crippen LogP contribution >= 0.6 is 11.3 Å². The predicted octanol–water partition coefficient (Wildman–Crippen LogP) is 3.91.